The molecular weight excluding hydrogens is 531 g/mol. The van der Waals surface area contributed by atoms with Gasteiger partial charge in [-0.25, -0.2) is 4.79 Å². The first-order valence-electron chi connectivity index (χ1n) is 11.1. The van der Waals surface area contributed by atoms with Gasteiger partial charge in [-0.05, 0) is 44.9 Å². The summed E-state index contributed by atoms with van der Waals surface area (Å²) >= 11 is 2.20. The zero-order valence-corrected chi connectivity index (χ0v) is 22.9. The van der Waals surface area contributed by atoms with E-state index in [0.29, 0.717) is 12.4 Å². The summed E-state index contributed by atoms with van der Waals surface area (Å²) < 4.78 is 19.0. The van der Waals surface area contributed by atoms with E-state index in [1.54, 1.807) is 0 Å². The molecule has 4 nitrogen and oxygen atoms in total. The van der Waals surface area contributed by atoms with E-state index in [4.69, 9.17) is 13.9 Å². The number of rotatable bonds is 6. The summed E-state index contributed by atoms with van der Waals surface area (Å²) in [6, 6.07) is 21.2. The monoisotopic (exact) mass is 564 g/mol. The van der Waals surface area contributed by atoms with Crippen LogP contribution >= 0.6 is 22.6 Å². The van der Waals surface area contributed by atoms with Crippen molar-refractivity contribution in [1.82, 2.24) is 0 Å². The highest BCUT2D eigenvalue weighted by Crippen LogP contribution is 2.38. The van der Waals surface area contributed by atoms with Gasteiger partial charge in [0.15, 0.2) is 0 Å². The Balaban J connectivity index is 1.98. The minimum atomic E-state index is -2.64. The second-order valence-corrected chi connectivity index (χ2v) is 15.5. The van der Waals surface area contributed by atoms with Crippen LogP contribution in [-0.2, 0) is 13.9 Å². The first kappa shape index (κ1) is 25.0. The van der Waals surface area contributed by atoms with Crippen molar-refractivity contribution >= 4 is 47.4 Å². The molecule has 0 aromatic heterocycles. The lowest BCUT2D eigenvalue weighted by atomic mass is 9.91. The normalized spacial score (nSPS) is 22.0. The predicted molar refractivity (Wildman–Crippen MR) is 140 cm³/mol. The lowest BCUT2D eigenvalue weighted by molar-refractivity contribution is -0.0512. The van der Waals surface area contributed by atoms with E-state index >= 15 is 0 Å². The maximum Gasteiger partial charge on any atom is 0.513 e. The lowest BCUT2D eigenvalue weighted by Crippen LogP contribution is -2.67. The fraction of sp³-hybridized carbons (Fsp3) is 0.423. The molecule has 2 aromatic rings. The Morgan fingerprint density at radius 3 is 2.00 bits per heavy atom. The molecule has 6 heteroatoms. The molecule has 32 heavy (non-hydrogen) atoms. The Hall–Kier alpha value is -1.64. The van der Waals surface area contributed by atoms with Crippen molar-refractivity contribution in [3.63, 3.8) is 0 Å². The Bertz CT molecular complexity index is 909. The number of benzene rings is 2. The van der Waals surface area contributed by atoms with Gasteiger partial charge in [0, 0.05) is 16.1 Å². The molecule has 1 fully saturated rings. The Kier molecular flexibility index (Phi) is 7.88. The third kappa shape index (κ3) is 4.97. The molecule has 1 aliphatic rings. The van der Waals surface area contributed by atoms with Gasteiger partial charge in [-0.2, -0.15) is 0 Å². The lowest BCUT2D eigenvalue weighted by Gasteiger charge is -2.44. The van der Waals surface area contributed by atoms with Crippen LogP contribution in [-0.4, -0.2) is 27.2 Å². The van der Waals surface area contributed by atoms with Crippen LogP contribution in [0.2, 0.25) is 5.04 Å². The highest BCUT2D eigenvalue weighted by molar-refractivity contribution is 14.1. The fourth-order valence-electron chi connectivity index (χ4n) is 4.68. The molecule has 3 rings (SSSR count). The molecule has 1 saturated heterocycles. The minimum Gasteiger partial charge on any atom is -0.430 e. The van der Waals surface area contributed by atoms with Gasteiger partial charge in [-0.1, -0.05) is 95.3 Å². The SMILES string of the molecule is C/C(I)=C1\OC(=O)O[C@H]([C@H](C)CO[Si](c2ccccc2)(c2ccccc2)C(C)(C)C)[C@H]1C. The number of cyclic esters (lactones) is 2. The van der Waals surface area contributed by atoms with Gasteiger partial charge < -0.3 is 13.9 Å². The first-order chi connectivity index (χ1) is 15.1. The van der Waals surface area contributed by atoms with Crippen LogP contribution in [0.1, 0.15) is 41.5 Å². The van der Waals surface area contributed by atoms with Crippen molar-refractivity contribution < 1.29 is 18.7 Å². The summed E-state index contributed by atoms with van der Waals surface area (Å²) in [7, 11) is -2.64. The number of carbonyl (C=O) groups excluding carboxylic acids is 1. The number of halogens is 1. The van der Waals surface area contributed by atoms with Gasteiger partial charge in [0.1, 0.15) is 11.9 Å². The number of carbonyl (C=O) groups is 1. The fourth-order valence-corrected chi connectivity index (χ4v) is 9.94. The van der Waals surface area contributed by atoms with E-state index < -0.39 is 14.5 Å². The van der Waals surface area contributed by atoms with Crippen molar-refractivity contribution in [2.24, 2.45) is 11.8 Å². The third-order valence-electron chi connectivity index (χ3n) is 6.21. The molecule has 0 N–H and O–H groups in total. The van der Waals surface area contributed by atoms with E-state index in [-0.39, 0.29) is 23.0 Å². The topological polar surface area (TPSA) is 44.8 Å². The Morgan fingerprint density at radius 1 is 1.06 bits per heavy atom. The van der Waals surface area contributed by atoms with Crippen LogP contribution in [0.15, 0.2) is 70.0 Å². The van der Waals surface area contributed by atoms with E-state index in [0.717, 1.165) is 3.58 Å². The molecule has 0 spiro atoms. The molecule has 0 saturated carbocycles. The van der Waals surface area contributed by atoms with Crippen LogP contribution in [0.4, 0.5) is 4.79 Å². The zero-order chi connectivity index (χ0) is 23.5. The molecule has 0 aliphatic carbocycles. The van der Waals surface area contributed by atoms with E-state index in [1.165, 1.54) is 10.4 Å². The Morgan fingerprint density at radius 2 is 1.56 bits per heavy atom. The van der Waals surface area contributed by atoms with Gasteiger partial charge in [-0.15, -0.1) is 0 Å². The molecular formula is C26H33IO4Si. The van der Waals surface area contributed by atoms with Gasteiger partial charge in [-0.3, -0.25) is 0 Å². The molecule has 0 amide bonds. The predicted octanol–water partition coefficient (Wildman–Crippen LogP) is 6.04. The largest absolute Gasteiger partial charge is 0.513 e. The highest BCUT2D eigenvalue weighted by atomic mass is 127. The van der Waals surface area contributed by atoms with E-state index in [9.17, 15) is 4.79 Å². The van der Waals surface area contributed by atoms with Crippen molar-refractivity contribution in [2.45, 2.75) is 52.7 Å². The van der Waals surface area contributed by atoms with Crippen LogP contribution in [0.3, 0.4) is 0 Å². The van der Waals surface area contributed by atoms with E-state index in [1.807, 2.05) is 26.0 Å². The van der Waals surface area contributed by atoms with Gasteiger partial charge in [0.05, 0.1) is 5.92 Å². The number of hydrogen-bond acceptors (Lipinski definition) is 4. The van der Waals surface area contributed by atoms with Crippen LogP contribution < -0.4 is 10.4 Å². The van der Waals surface area contributed by atoms with Crippen LogP contribution in [0.25, 0.3) is 0 Å². The van der Waals surface area contributed by atoms with E-state index in [2.05, 4.69) is 98.8 Å². The number of hydrogen-bond donors (Lipinski definition) is 0. The minimum absolute atomic E-state index is 0.00486. The maximum atomic E-state index is 12.1. The number of ether oxygens (including phenoxy) is 2. The second-order valence-electron chi connectivity index (χ2n) is 9.57. The Labute approximate surface area is 206 Å². The van der Waals surface area contributed by atoms with Crippen molar-refractivity contribution in [3.8, 4) is 0 Å². The molecule has 1 heterocycles. The maximum absolute atomic E-state index is 12.1. The molecule has 0 bridgehead atoms. The molecule has 172 valence electrons. The summed E-state index contributed by atoms with van der Waals surface area (Å²) in [6.45, 7) is 13.4. The van der Waals surface area contributed by atoms with Crippen molar-refractivity contribution in [3.05, 3.63) is 70.0 Å². The summed E-state index contributed by atoms with van der Waals surface area (Å²) in [4.78, 5) is 12.1. The molecule has 3 atom stereocenters. The third-order valence-corrected chi connectivity index (χ3v) is 11.7. The first-order valence-corrected chi connectivity index (χ1v) is 14.1. The highest BCUT2D eigenvalue weighted by Gasteiger charge is 2.51. The molecule has 1 aliphatic heterocycles. The summed E-state index contributed by atoms with van der Waals surface area (Å²) in [6.07, 6.45) is -0.925. The zero-order valence-electron chi connectivity index (χ0n) is 19.7. The summed E-state index contributed by atoms with van der Waals surface area (Å²) in [5.41, 5.74) is 0. The van der Waals surface area contributed by atoms with Crippen molar-refractivity contribution in [2.75, 3.05) is 6.61 Å². The number of allylic oxidation sites excluding steroid dienone is 1. The second kappa shape index (κ2) is 10.1. The van der Waals surface area contributed by atoms with Gasteiger partial charge in [0.25, 0.3) is 8.32 Å². The van der Waals surface area contributed by atoms with Crippen LogP contribution in [0, 0.1) is 11.8 Å². The standard InChI is InChI=1S/C26H33IO4Si/c1-18(23-19(2)24(20(3)27)31-25(28)30-23)17-29-32(26(4,5)6,21-13-9-7-10-14-21)22-15-11-8-12-16-22/h7-16,18-19,23H,17H2,1-6H3/b24-20+/t18-,19-,23-/m1/s1. The average Bonchev–Trinajstić information content (AvgIpc) is 2.75. The van der Waals surface area contributed by atoms with Crippen LogP contribution in [0.5, 0.6) is 0 Å². The molecule has 0 radical (unpaired) electrons. The van der Waals surface area contributed by atoms with Gasteiger partial charge in [0.2, 0.25) is 0 Å². The average molecular weight is 565 g/mol. The molecule has 2 aromatic carbocycles. The summed E-state index contributed by atoms with van der Waals surface area (Å²) in [5.74, 6) is 0.678. The molecule has 0 unspecified atom stereocenters. The van der Waals surface area contributed by atoms with Crippen molar-refractivity contribution in [1.29, 1.82) is 0 Å². The smallest absolute Gasteiger partial charge is 0.430 e. The quantitative estimate of drug-likeness (QED) is 0.244. The van der Waals surface area contributed by atoms with Gasteiger partial charge >= 0.3 is 6.16 Å². The summed E-state index contributed by atoms with van der Waals surface area (Å²) in [5, 5.41) is 2.38.